The van der Waals surface area contributed by atoms with Gasteiger partial charge in [0.1, 0.15) is 0 Å². The first kappa shape index (κ1) is 23.9. The van der Waals surface area contributed by atoms with E-state index in [1.54, 1.807) is 0 Å². The summed E-state index contributed by atoms with van der Waals surface area (Å²) in [4.78, 5) is 0. The Balaban J connectivity index is 0. The molecule has 0 saturated carbocycles. The van der Waals surface area contributed by atoms with Crippen molar-refractivity contribution in [3.63, 3.8) is 0 Å². The normalized spacial score (nSPS) is 15.7. The number of alkyl halides is 13. The van der Waals surface area contributed by atoms with Gasteiger partial charge in [-0.05, 0) is 0 Å². The van der Waals surface area contributed by atoms with Gasteiger partial charge in [0, 0.05) is 0 Å². The van der Waals surface area contributed by atoms with Crippen LogP contribution in [0.1, 0.15) is 0 Å². The van der Waals surface area contributed by atoms with Crippen LogP contribution in [0.2, 0.25) is 0 Å². The van der Waals surface area contributed by atoms with Crippen molar-refractivity contribution in [2.24, 2.45) is 0 Å². The van der Waals surface area contributed by atoms with E-state index in [0.717, 1.165) is 0 Å². The molecular weight excluding hydrogens is 374 g/mol. The molecule has 0 rings (SSSR count). The molecule has 0 aromatic heterocycles. The summed E-state index contributed by atoms with van der Waals surface area (Å²) in [7, 11) is 0. The molecule has 0 fully saturated rings. The Kier molecular flexibility index (Phi) is 6.79. The van der Waals surface area contributed by atoms with Crippen molar-refractivity contribution in [2.45, 2.75) is 36.0 Å². The van der Waals surface area contributed by atoms with Gasteiger partial charge in [0.2, 0.25) is 0 Å². The molecule has 0 aliphatic rings. The second kappa shape index (κ2) is 5.96. The molecule has 0 amide bonds. The van der Waals surface area contributed by atoms with Crippen LogP contribution in [0.3, 0.4) is 0 Å². The second-order valence-electron chi connectivity index (χ2n) is 3.35. The van der Waals surface area contributed by atoms with E-state index in [-0.39, 0.29) is 51.4 Å². The summed E-state index contributed by atoms with van der Waals surface area (Å²) >= 11 is 0. The van der Waals surface area contributed by atoms with Crippen molar-refractivity contribution in [3.05, 3.63) is 0 Å². The maximum absolute atomic E-state index is 12.6. The molecule has 0 heterocycles. The first-order chi connectivity index (χ1) is 8.25. The van der Waals surface area contributed by atoms with Crippen molar-refractivity contribution in [2.75, 3.05) is 0 Å². The monoisotopic (exact) mass is 376 g/mol. The molecule has 0 bridgehead atoms. The zero-order chi connectivity index (χ0) is 17.0. The standard InChI is InChI=1S/C6HF13O.K.H/c7-2(8,3(9,10)6(17,18)19)1(20,4(11,12)13)5(14,15)16;;/h20H;;. The summed E-state index contributed by atoms with van der Waals surface area (Å²) < 4.78 is 155. The molecule has 124 valence electrons. The van der Waals surface area contributed by atoms with Crippen LogP contribution in [0.4, 0.5) is 57.1 Å². The van der Waals surface area contributed by atoms with Gasteiger partial charge >= 0.3 is 87.4 Å². The van der Waals surface area contributed by atoms with Gasteiger partial charge in [0.15, 0.2) is 0 Å². The molecule has 0 aromatic carbocycles. The number of aliphatic hydroxyl groups is 1. The third kappa shape index (κ3) is 3.46. The summed E-state index contributed by atoms with van der Waals surface area (Å²) in [5, 5.41) is 7.93. The molecule has 0 aliphatic carbocycles. The Morgan fingerprint density at radius 3 is 0.810 bits per heavy atom. The van der Waals surface area contributed by atoms with E-state index >= 15 is 0 Å². The van der Waals surface area contributed by atoms with Gasteiger partial charge in [0.05, 0.1) is 0 Å². The molecular formula is C6H2F13KO. The first-order valence-corrected chi connectivity index (χ1v) is 3.93. The van der Waals surface area contributed by atoms with E-state index in [2.05, 4.69) is 0 Å². The van der Waals surface area contributed by atoms with Crippen LogP contribution >= 0.6 is 0 Å². The molecule has 1 N–H and O–H groups in total. The minimum absolute atomic E-state index is 0. The van der Waals surface area contributed by atoms with Crippen molar-refractivity contribution in [3.8, 4) is 0 Å². The maximum atomic E-state index is 12.6. The van der Waals surface area contributed by atoms with Gasteiger partial charge in [-0.25, -0.2) is 0 Å². The second-order valence-corrected chi connectivity index (χ2v) is 3.35. The molecule has 21 heavy (non-hydrogen) atoms. The SMILES string of the molecule is OC(C(F)(F)F)(C(F)(F)F)C(F)(F)C(F)(F)C(F)(F)F.[KH]. The van der Waals surface area contributed by atoms with Crippen LogP contribution in [-0.2, 0) is 0 Å². The van der Waals surface area contributed by atoms with Gasteiger partial charge < -0.3 is 5.11 Å². The minimum atomic E-state index is -7.95. The molecule has 0 aromatic rings. The molecule has 1 nitrogen and oxygen atoms in total. The van der Waals surface area contributed by atoms with Crippen LogP contribution in [0.5, 0.6) is 0 Å². The Morgan fingerprint density at radius 2 is 0.667 bits per heavy atom. The molecule has 0 aliphatic heterocycles. The average Bonchev–Trinajstić information content (AvgIpc) is 2.10. The van der Waals surface area contributed by atoms with E-state index in [4.69, 9.17) is 5.11 Å². The number of halogens is 13. The molecule has 0 saturated heterocycles. The molecule has 0 spiro atoms. The Hall–Kier alpha value is 0.686. The molecule has 0 unspecified atom stereocenters. The quantitative estimate of drug-likeness (QED) is 0.581. The molecule has 0 radical (unpaired) electrons. The van der Waals surface area contributed by atoms with Gasteiger partial charge in [-0.1, -0.05) is 0 Å². The summed E-state index contributed by atoms with van der Waals surface area (Å²) in [6, 6.07) is 0. The van der Waals surface area contributed by atoms with Crippen LogP contribution in [0.15, 0.2) is 0 Å². The number of rotatable bonds is 2. The van der Waals surface area contributed by atoms with E-state index in [1.165, 1.54) is 0 Å². The van der Waals surface area contributed by atoms with Crippen molar-refractivity contribution >= 4 is 51.4 Å². The zero-order valence-electron chi connectivity index (χ0n) is 8.36. The van der Waals surface area contributed by atoms with Crippen molar-refractivity contribution < 1.29 is 62.2 Å². The van der Waals surface area contributed by atoms with E-state index in [9.17, 15) is 57.1 Å². The summed E-state index contributed by atoms with van der Waals surface area (Å²) in [5.74, 6) is -15.7. The molecule has 15 heteroatoms. The van der Waals surface area contributed by atoms with E-state index < -0.39 is 36.0 Å². The fraction of sp³-hybridized carbons (Fsp3) is 1.00. The van der Waals surface area contributed by atoms with E-state index in [0.29, 0.717) is 0 Å². The van der Waals surface area contributed by atoms with E-state index in [1.807, 2.05) is 0 Å². The predicted molar refractivity (Wildman–Crippen MR) is 40.2 cm³/mol. The van der Waals surface area contributed by atoms with Crippen LogP contribution < -0.4 is 0 Å². The predicted octanol–water partition coefficient (Wildman–Crippen LogP) is 3.03. The summed E-state index contributed by atoms with van der Waals surface area (Å²) in [5.41, 5.74) is -7.59. The van der Waals surface area contributed by atoms with Gasteiger partial charge in [-0.3, -0.25) is 0 Å². The number of hydrogen-bond acceptors (Lipinski definition) is 1. The summed E-state index contributed by atoms with van der Waals surface area (Å²) in [6.07, 6.45) is -22.6. The number of hydrogen-bond donors (Lipinski definition) is 1. The fourth-order valence-electron chi connectivity index (χ4n) is 0.922. The first-order valence-electron chi connectivity index (χ1n) is 3.93. The Labute approximate surface area is 148 Å². The van der Waals surface area contributed by atoms with Crippen LogP contribution in [-0.4, -0.2) is 92.5 Å². The Morgan fingerprint density at radius 1 is 0.429 bits per heavy atom. The van der Waals surface area contributed by atoms with Crippen molar-refractivity contribution in [1.29, 1.82) is 0 Å². The van der Waals surface area contributed by atoms with Crippen molar-refractivity contribution in [1.82, 2.24) is 0 Å². The third-order valence-electron chi connectivity index (χ3n) is 2.03. The molecule has 0 atom stereocenters. The fourth-order valence-corrected chi connectivity index (χ4v) is 0.922. The summed E-state index contributed by atoms with van der Waals surface area (Å²) in [6.45, 7) is 0. The van der Waals surface area contributed by atoms with Crippen LogP contribution in [0, 0.1) is 0 Å². The van der Waals surface area contributed by atoms with Gasteiger partial charge in [-0.15, -0.1) is 0 Å². The third-order valence-corrected chi connectivity index (χ3v) is 2.03. The van der Waals surface area contributed by atoms with Crippen LogP contribution in [0.25, 0.3) is 0 Å². The average molecular weight is 376 g/mol. The topological polar surface area (TPSA) is 20.2 Å². The Bertz CT molecular complexity index is 348. The van der Waals surface area contributed by atoms with Gasteiger partial charge in [-0.2, -0.15) is 57.1 Å². The van der Waals surface area contributed by atoms with Gasteiger partial charge in [0.25, 0.3) is 0 Å². The zero-order valence-corrected chi connectivity index (χ0v) is 8.36.